The first-order chi connectivity index (χ1) is 14.0. The Morgan fingerprint density at radius 1 is 1.28 bits per heavy atom. The van der Waals surface area contributed by atoms with E-state index in [4.69, 9.17) is 11.6 Å². The highest BCUT2D eigenvalue weighted by molar-refractivity contribution is 7.19. The third-order valence-corrected chi connectivity index (χ3v) is 7.89. The molecule has 3 heterocycles. The third kappa shape index (κ3) is 3.70. The average molecular weight is 436 g/mol. The number of fused-ring (bicyclic) bond motifs is 3. The Balaban J connectivity index is 1.68. The summed E-state index contributed by atoms with van der Waals surface area (Å²) in [5.74, 6) is 0.158. The van der Waals surface area contributed by atoms with Crippen LogP contribution in [0, 0.1) is 0 Å². The fourth-order valence-corrected chi connectivity index (χ4v) is 5.97. The number of carbonyl (C=O) groups is 2. The number of aromatic nitrogens is 1. The third-order valence-electron chi connectivity index (χ3n) is 6.50. The van der Waals surface area contributed by atoms with Gasteiger partial charge in [0.05, 0.1) is 16.8 Å². The zero-order chi connectivity index (χ0) is 20.6. The molecule has 1 unspecified atom stereocenters. The number of carbonyl (C=O) groups excluding carboxylic acids is 2. The highest BCUT2D eigenvalue weighted by Gasteiger charge is 2.48. The Morgan fingerprint density at radius 2 is 2.00 bits per heavy atom. The number of amides is 2. The van der Waals surface area contributed by atoms with Gasteiger partial charge in [-0.1, -0.05) is 32.6 Å². The maximum Gasteiger partial charge on any atom is 0.271 e. The molecule has 2 amide bonds. The maximum atomic E-state index is 13.5. The molecule has 1 fully saturated rings. The number of nitrogens with zero attached hydrogens (tertiary/aromatic N) is 2. The second-order valence-electron chi connectivity index (χ2n) is 8.51. The van der Waals surface area contributed by atoms with E-state index >= 15 is 0 Å². The molecule has 0 spiro atoms. The van der Waals surface area contributed by atoms with E-state index in [1.807, 2.05) is 17.6 Å². The second-order valence-corrected chi connectivity index (χ2v) is 10.1. The van der Waals surface area contributed by atoms with Crippen molar-refractivity contribution < 1.29 is 9.59 Å². The summed E-state index contributed by atoms with van der Waals surface area (Å²) >= 11 is 7.77. The number of thiophene rings is 1. The minimum Gasteiger partial charge on any atom is -0.351 e. The minimum atomic E-state index is -0.939. The smallest absolute Gasteiger partial charge is 0.271 e. The summed E-state index contributed by atoms with van der Waals surface area (Å²) in [7, 11) is 0. The zero-order valence-corrected chi connectivity index (χ0v) is 18.9. The summed E-state index contributed by atoms with van der Waals surface area (Å²) in [5.41, 5.74) is 0.791. The van der Waals surface area contributed by atoms with E-state index in [1.54, 1.807) is 16.2 Å². The molecule has 0 radical (unpaired) electrons. The van der Waals surface area contributed by atoms with Crippen molar-refractivity contribution in [3.8, 4) is 0 Å². The predicted molar refractivity (Wildman–Crippen MR) is 119 cm³/mol. The number of halogens is 1. The predicted octanol–water partition coefficient (Wildman–Crippen LogP) is 4.56. The first kappa shape index (κ1) is 20.7. The van der Waals surface area contributed by atoms with Crippen LogP contribution >= 0.6 is 22.9 Å². The van der Waals surface area contributed by atoms with Gasteiger partial charge in [-0.2, -0.15) is 0 Å². The molecule has 0 saturated heterocycles. The molecule has 7 heteroatoms. The molecule has 0 bridgehead atoms. The molecule has 5 nitrogen and oxygen atoms in total. The van der Waals surface area contributed by atoms with Gasteiger partial charge in [0.25, 0.3) is 5.91 Å². The van der Waals surface area contributed by atoms with Crippen molar-refractivity contribution in [2.45, 2.75) is 76.9 Å². The summed E-state index contributed by atoms with van der Waals surface area (Å²) in [6.45, 7) is 4.87. The van der Waals surface area contributed by atoms with Gasteiger partial charge in [0, 0.05) is 23.3 Å². The average Bonchev–Trinajstić information content (AvgIpc) is 3.14. The van der Waals surface area contributed by atoms with E-state index in [2.05, 4.69) is 18.3 Å². The zero-order valence-electron chi connectivity index (χ0n) is 17.3. The van der Waals surface area contributed by atoms with Crippen LogP contribution in [-0.2, 0) is 17.8 Å². The lowest BCUT2D eigenvalue weighted by Gasteiger charge is -2.44. The molecule has 1 N–H and O–H groups in total. The Morgan fingerprint density at radius 3 is 2.66 bits per heavy atom. The topological polar surface area (TPSA) is 54.3 Å². The monoisotopic (exact) mass is 435 g/mol. The van der Waals surface area contributed by atoms with Crippen molar-refractivity contribution >= 4 is 45.0 Å². The molecule has 2 aliphatic rings. The van der Waals surface area contributed by atoms with Crippen molar-refractivity contribution in [1.82, 2.24) is 14.8 Å². The summed E-state index contributed by atoms with van der Waals surface area (Å²) < 4.78 is 3.16. The van der Waals surface area contributed by atoms with Crippen LogP contribution in [0.2, 0.25) is 0 Å². The lowest BCUT2D eigenvalue weighted by molar-refractivity contribution is -0.133. The van der Waals surface area contributed by atoms with E-state index < -0.39 is 5.54 Å². The van der Waals surface area contributed by atoms with Crippen molar-refractivity contribution in [3.63, 3.8) is 0 Å². The van der Waals surface area contributed by atoms with Crippen molar-refractivity contribution in [1.29, 1.82) is 0 Å². The first-order valence-electron chi connectivity index (χ1n) is 10.8. The molecule has 1 aliphatic heterocycles. The van der Waals surface area contributed by atoms with E-state index in [0.717, 1.165) is 42.3 Å². The van der Waals surface area contributed by atoms with Crippen LogP contribution in [0.5, 0.6) is 0 Å². The molecule has 0 aromatic carbocycles. The SMILES string of the molecule is CCc1cc2c(cc3n2CC(C)(C(=O)NC2CCCCCC2)N(CCCl)C3=O)s1. The van der Waals surface area contributed by atoms with Gasteiger partial charge in [-0.25, -0.2) is 0 Å². The lowest BCUT2D eigenvalue weighted by atomic mass is 9.93. The summed E-state index contributed by atoms with van der Waals surface area (Å²) in [6.07, 6.45) is 7.81. The summed E-state index contributed by atoms with van der Waals surface area (Å²) in [6, 6.07) is 4.34. The van der Waals surface area contributed by atoms with Crippen molar-refractivity contribution in [3.05, 3.63) is 22.7 Å². The molecule has 4 rings (SSSR count). The molecule has 2 aromatic rings. The van der Waals surface area contributed by atoms with E-state index in [9.17, 15) is 9.59 Å². The van der Waals surface area contributed by atoms with Crippen LogP contribution in [0.15, 0.2) is 12.1 Å². The summed E-state index contributed by atoms with van der Waals surface area (Å²) in [4.78, 5) is 29.9. The van der Waals surface area contributed by atoms with Gasteiger partial charge < -0.3 is 14.8 Å². The number of hydrogen-bond donors (Lipinski definition) is 1. The molecule has 2 aromatic heterocycles. The van der Waals surface area contributed by atoms with E-state index in [0.29, 0.717) is 24.7 Å². The summed E-state index contributed by atoms with van der Waals surface area (Å²) in [5, 5.41) is 3.28. The molecule has 158 valence electrons. The van der Waals surface area contributed by atoms with Crippen LogP contribution in [0.25, 0.3) is 10.2 Å². The molecule has 1 saturated carbocycles. The van der Waals surface area contributed by atoms with Gasteiger partial charge in [0.1, 0.15) is 11.2 Å². The largest absolute Gasteiger partial charge is 0.351 e. The lowest BCUT2D eigenvalue weighted by Crippen LogP contribution is -2.65. The van der Waals surface area contributed by atoms with Crippen LogP contribution in [0.3, 0.4) is 0 Å². The fraction of sp³-hybridized carbons (Fsp3) is 0.636. The standard InChI is InChI=1S/C22H30ClN3O2S/c1-3-16-12-17-19(29-16)13-18-20(27)26(11-10-23)22(2,14-25(17)18)21(28)24-15-8-6-4-5-7-9-15/h12-13,15H,3-11,14H2,1-2H3,(H,24,28). The van der Waals surface area contributed by atoms with E-state index in [1.165, 1.54) is 17.7 Å². The first-order valence-corrected chi connectivity index (χ1v) is 12.1. The Bertz CT molecular complexity index is 913. The van der Waals surface area contributed by atoms with Crippen LogP contribution in [0.4, 0.5) is 0 Å². The highest BCUT2D eigenvalue weighted by Crippen LogP contribution is 2.36. The highest BCUT2D eigenvalue weighted by atomic mass is 35.5. The Kier molecular flexibility index (Phi) is 5.94. The Hall–Kier alpha value is -1.53. The quantitative estimate of drug-likeness (QED) is 0.553. The number of hydrogen-bond acceptors (Lipinski definition) is 3. The second kappa shape index (κ2) is 8.31. The van der Waals surface area contributed by atoms with Crippen LogP contribution in [-0.4, -0.2) is 45.3 Å². The molecular weight excluding hydrogens is 406 g/mol. The molecule has 1 aliphatic carbocycles. The Labute approximate surface area is 181 Å². The van der Waals surface area contributed by atoms with Crippen LogP contribution in [0.1, 0.15) is 67.7 Å². The number of rotatable bonds is 5. The normalized spacial score (nSPS) is 23.3. The van der Waals surface area contributed by atoms with Crippen molar-refractivity contribution in [2.24, 2.45) is 0 Å². The van der Waals surface area contributed by atoms with Gasteiger partial charge >= 0.3 is 0 Å². The maximum absolute atomic E-state index is 13.5. The molecule has 1 atom stereocenters. The fourth-order valence-electron chi connectivity index (χ4n) is 4.76. The van der Waals surface area contributed by atoms with Gasteiger partial charge in [-0.15, -0.1) is 22.9 Å². The van der Waals surface area contributed by atoms with Gasteiger partial charge in [0.2, 0.25) is 5.91 Å². The minimum absolute atomic E-state index is 0.0543. The van der Waals surface area contributed by atoms with E-state index in [-0.39, 0.29) is 17.9 Å². The van der Waals surface area contributed by atoms with Crippen molar-refractivity contribution in [2.75, 3.05) is 12.4 Å². The van der Waals surface area contributed by atoms with Gasteiger partial charge in [-0.05, 0) is 38.3 Å². The number of alkyl halides is 1. The van der Waals surface area contributed by atoms with Gasteiger partial charge in [-0.3, -0.25) is 9.59 Å². The molecule has 29 heavy (non-hydrogen) atoms. The number of nitrogens with one attached hydrogen (secondary N) is 1. The van der Waals surface area contributed by atoms with Gasteiger partial charge in [0.15, 0.2) is 0 Å². The number of aryl methyl sites for hydroxylation is 1. The van der Waals surface area contributed by atoms with Crippen LogP contribution < -0.4 is 5.32 Å². The molecular formula is C22H30ClN3O2S.